The first-order chi connectivity index (χ1) is 58.1. The quantitative estimate of drug-likeness (QED) is 0.0275. The van der Waals surface area contributed by atoms with Crippen LogP contribution in [-0.2, 0) is 62.6 Å². The van der Waals surface area contributed by atoms with Gasteiger partial charge in [0.25, 0.3) is 22.2 Å². The molecule has 8 heterocycles. The van der Waals surface area contributed by atoms with Gasteiger partial charge in [0, 0.05) is 82.1 Å². The third kappa shape index (κ3) is 19.9. The Hall–Kier alpha value is -13.4. The number of H-pyrrole nitrogens is 4. The summed E-state index contributed by atoms with van der Waals surface area (Å²) in [6.45, 7) is 26.9. The second kappa shape index (κ2) is 36.7. The van der Waals surface area contributed by atoms with E-state index in [9.17, 15) is 56.3 Å². The minimum Gasteiger partial charge on any atom is -0.350 e. The Morgan fingerprint density at radius 1 is 0.377 bits per heavy atom. The predicted molar refractivity (Wildman–Crippen MR) is 463 cm³/mol. The van der Waals surface area contributed by atoms with Gasteiger partial charge in [0.1, 0.15) is 24.0 Å². The summed E-state index contributed by atoms with van der Waals surface area (Å²) >= 11 is 11.6. The molecule has 626 valence electrons. The number of aryl methyl sites for hydroxylation is 8. The maximum absolute atomic E-state index is 13.8. The van der Waals surface area contributed by atoms with Crippen molar-refractivity contribution in [3.05, 3.63) is 317 Å². The van der Waals surface area contributed by atoms with Crippen molar-refractivity contribution in [3.8, 4) is 46.1 Å². The normalized spacial score (nSPS) is 11.5. The van der Waals surface area contributed by atoms with E-state index in [1.54, 1.807) is 27.3 Å². The number of rotatable bonds is 19. The number of halogens is 5. The Morgan fingerprint density at radius 2 is 0.713 bits per heavy atom. The monoisotopic (exact) mass is 1690 g/mol. The van der Waals surface area contributed by atoms with Gasteiger partial charge < -0.3 is 39.5 Å². The third-order valence-corrected chi connectivity index (χ3v) is 21.5. The van der Waals surface area contributed by atoms with E-state index in [1.165, 1.54) is 35.4 Å². The first kappa shape index (κ1) is 86.4. The van der Waals surface area contributed by atoms with E-state index in [0.29, 0.717) is 96.4 Å². The van der Waals surface area contributed by atoms with Gasteiger partial charge in [-0.2, -0.15) is 19.9 Å². The number of hydrogen-bond acceptors (Lipinski definition) is 20. The Morgan fingerprint density at radius 3 is 1.09 bits per heavy atom. The number of carbonyl (C=O) groups excluding carboxylic acids is 1. The molecule has 0 unspecified atom stereocenters. The molecule has 0 fully saturated rings. The number of aromatic amines is 4. The highest BCUT2D eigenvalue weighted by Crippen LogP contribution is 2.30. The molecule has 29 nitrogen and oxygen atoms in total. The number of nitrogens with one attached hydrogen (secondary N) is 8. The molecule has 122 heavy (non-hydrogen) atoms. The first-order valence-electron chi connectivity index (χ1n) is 38.9. The lowest BCUT2D eigenvalue weighted by molar-refractivity contribution is -0.121. The topological polar surface area (TPSA) is 388 Å². The zero-order valence-electron chi connectivity index (χ0n) is 68.4. The van der Waals surface area contributed by atoms with E-state index < -0.39 is 62.4 Å². The zero-order chi connectivity index (χ0) is 87.3. The molecule has 0 saturated heterocycles. The predicted octanol–water partition coefficient (Wildman–Crippen LogP) is 10.5. The van der Waals surface area contributed by atoms with Gasteiger partial charge in [0.2, 0.25) is 5.91 Å². The van der Waals surface area contributed by atoms with Gasteiger partial charge in [-0.15, -0.1) is 0 Å². The van der Waals surface area contributed by atoms with Crippen molar-refractivity contribution in [2.24, 2.45) is 0 Å². The fraction of sp³-hybridized carbons (Fsp3) is 0.261. The molecule has 0 radical (unpaired) electrons. The van der Waals surface area contributed by atoms with Crippen molar-refractivity contribution >= 4 is 73.2 Å². The molecule has 0 saturated carbocycles. The molecule has 0 aliphatic carbocycles. The molecule has 8 aromatic carbocycles. The molecule has 34 heteroatoms. The van der Waals surface area contributed by atoms with E-state index in [1.807, 2.05) is 125 Å². The Kier molecular flexibility index (Phi) is 26.0. The van der Waals surface area contributed by atoms with Gasteiger partial charge in [-0.1, -0.05) is 92.5 Å². The number of fused-ring (bicyclic) bond motifs is 8. The molecule has 0 spiro atoms. The summed E-state index contributed by atoms with van der Waals surface area (Å²) in [6, 6.07) is 39.3. The fourth-order valence-electron chi connectivity index (χ4n) is 13.7. The van der Waals surface area contributed by atoms with Crippen LogP contribution in [0.1, 0.15) is 93.1 Å². The van der Waals surface area contributed by atoms with E-state index in [-0.39, 0.29) is 69.7 Å². The van der Waals surface area contributed by atoms with Crippen molar-refractivity contribution in [1.29, 1.82) is 0 Å². The summed E-state index contributed by atoms with van der Waals surface area (Å²) in [5.41, 5.74) is 13.7. The summed E-state index contributed by atoms with van der Waals surface area (Å²) in [6.07, 6.45) is 0. The highest BCUT2D eigenvalue weighted by atomic mass is 35.5. The molecule has 1 amide bonds. The summed E-state index contributed by atoms with van der Waals surface area (Å²) in [7, 11) is 0. The lowest BCUT2D eigenvalue weighted by Gasteiger charge is -2.19. The van der Waals surface area contributed by atoms with Gasteiger partial charge in [-0.25, -0.2) is 52.3 Å². The van der Waals surface area contributed by atoms with Gasteiger partial charge in [0.15, 0.2) is 46.1 Å². The number of amides is 1. The number of aromatic nitrogens is 16. The maximum atomic E-state index is 13.8. The summed E-state index contributed by atoms with van der Waals surface area (Å²) in [5, 5.41) is 13.3. The van der Waals surface area contributed by atoms with E-state index >= 15 is 0 Å². The lowest BCUT2D eigenvalue weighted by atomic mass is 9.87. The van der Waals surface area contributed by atoms with Crippen LogP contribution < -0.4 is 66.3 Å². The van der Waals surface area contributed by atoms with Crippen molar-refractivity contribution < 1.29 is 18.0 Å². The van der Waals surface area contributed by atoms with Crippen LogP contribution in [0.2, 0.25) is 10.0 Å². The molecule has 8 aliphatic rings. The molecule has 8 aliphatic heterocycles. The maximum Gasteiger partial charge on any atom is 0.349 e. The van der Waals surface area contributed by atoms with Crippen LogP contribution in [0.3, 0.4) is 0 Å². The van der Waals surface area contributed by atoms with Crippen LogP contribution in [-0.4, -0.2) is 104 Å². The summed E-state index contributed by atoms with van der Waals surface area (Å²) in [5.74, 6) is -1.20. The molecular weight excluding hydrogens is 1610 g/mol. The van der Waals surface area contributed by atoms with Crippen LogP contribution in [0, 0.1) is 72.8 Å². The van der Waals surface area contributed by atoms with E-state index in [4.69, 9.17) is 23.2 Å². The van der Waals surface area contributed by atoms with Crippen molar-refractivity contribution in [2.75, 3.05) is 19.6 Å². The molecule has 8 N–H and O–H groups in total. The average Bonchev–Trinajstić information content (AvgIpc) is 0.770. The minimum absolute atomic E-state index is 0.0101. The lowest BCUT2D eigenvalue weighted by Crippen LogP contribution is -2.32. The van der Waals surface area contributed by atoms with Gasteiger partial charge in [-0.05, 0) is 206 Å². The zero-order valence-corrected chi connectivity index (χ0v) is 69.9. The van der Waals surface area contributed by atoms with Crippen molar-refractivity contribution in [2.45, 2.75) is 134 Å². The van der Waals surface area contributed by atoms with E-state index in [2.05, 4.69) is 126 Å². The highest BCUT2D eigenvalue weighted by molar-refractivity contribution is 6.31. The highest BCUT2D eigenvalue weighted by Gasteiger charge is 2.26. The minimum atomic E-state index is -0.784. The smallest absolute Gasteiger partial charge is 0.349 e. The molecule has 8 aromatic rings. The molecular formula is C88H85Cl2F3N20O9. The molecule has 0 bridgehead atoms. The van der Waals surface area contributed by atoms with Crippen molar-refractivity contribution in [1.82, 2.24) is 99.3 Å². The van der Waals surface area contributed by atoms with Crippen LogP contribution in [0.25, 0.3) is 90.2 Å². The average molecular weight is 1690 g/mol. The Balaban J connectivity index is 0.000000140. The second-order valence-corrected chi connectivity index (χ2v) is 31.6. The number of benzene rings is 8. The van der Waals surface area contributed by atoms with Gasteiger partial charge in [0.05, 0.1) is 49.2 Å². The second-order valence-electron chi connectivity index (χ2n) is 30.7. The van der Waals surface area contributed by atoms with Crippen LogP contribution in [0.15, 0.2) is 172 Å². The SMILES string of the molecule is Cc1cc2nc3c(=O)[nH]c(=O)nc-3n(CC(=O)NCc3ccc(Cl)cc3)c2cc1C.Cc1cc2nc3c(=O)[nH]c(=O)nc-3n(CCNCc3ccc(C(C)(C)C)cc3)c2cc1C.Cc1cc2nc3c(=O)[nH]c(=O)nc-3n(CCNCc3ccc(Cl)c(F)c3)c2cc1C.Cc1cc2nc3c(=O)[nH]c(=O)nc-3n(CCNCc3ccc(F)cc3F)c2cc1C. The number of carbonyl (C=O) groups is 1. The number of nitrogens with zero attached hydrogens (tertiary/aromatic N) is 12. The summed E-state index contributed by atoms with van der Waals surface area (Å²) < 4.78 is 47.5. The first-order valence-corrected chi connectivity index (χ1v) is 39.6. The van der Waals surface area contributed by atoms with Crippen LogP contribution in [0.5, 0.6) is 0 Å². The van der Waals surface area contributed by atoms with Gasteiger partial charge in [-0.3, -0.25) is 43.9 Å². The molecule has 0 aromatic heterocycles. The third-order valence-electron chi connectivity index (χ3n) is 20.9. The van der Waals surface area contributed by atoms with Gasteiger partial charge >= 0.3 is 22.8 Å². The standard InChI is InChI=1S/C25H29N5O2.C21H19ClFN5O2.C21H18ClN5O3.C21H19F2N5O2/c1-15-12-19-20(13-16(15)2)30(22-21(27-19)23(31)29-24(32)28-22)11-10-26-14-17-6-8-18(9-7-17)25(3,4)5;1-11-7-16-17(8-12(11)2)28(19-18(25-16)20(29)27-21(30)26-19)6-5-24-10-13-3-4-14(22)15(23)9-13;1-11-7-15-16(8-12(11)2)27(19-18(24-15)20(29)26-21(30)25-19)10-17(28)23-9-13-3-5-14(22)6-4-13;1-11-7-16-17(8-12(11)2)28(19-18(25-16)20(29)27-21(30)26-19)6-5-24-10-13-3-4-14(22)9-15(13)23/h6-9,12-13,26H,10-11,14H2,1-5H3,(H,29,31,32);3-4,7-9,24H,5-6,10H2,1-2H3,(H,27,29,30);3-8H,9-10H2,1-2H3,(H,23,28)(H,26,29,30);3-4,7-9,24H,5-6,10H2,1-2H3,(H,27,29,30). The van der Waals surface area contributed by atoms with Crippen LogP contribution in [0.4, 0.5) is 13.2 Å². The summed E-state index contributed by atoms with van der Waals surface area (Å²) in [4.78, 5) is 152. The number of hydrogen-bond donors (Lipinski definition) is 8. The largest absolute Gasteiger partial charge is 0.350 e. The van der Waals surface area contributed by atoms with Crippen molar-refractivity contribution in [3.63, 3.8) is 0 Å². The van der Waals surface area contributed by atoms with Crippen LogP contribution >= 0.6 is 23.2 Å². The Bertz CT molecular complexity index is 7100. The fourth-order valence-corrected chi connectivity index (χ4v) is 14.0. The molecule has 16 rings (SSSR count). The Labute approximate surface area is 703 Å². The van der Waals surface area contributed by atoms with E-state index in [0.717, 1.165) is 84.8 Å². The molecule has 0 atom stereocenters.